The van der Waals surface area contributed by atoms with E-state index < -0.39 is 10.0 Å². The first-order valence-corrected chi connectivity index (χ1v) is 12.0. The summed E-state index contributed by atoms with van der Waals surface area (Å²) in [5.74, 6) is -0.0803. The summed E-state index contributed by atoms with van der Waals surface area (Å²) in [5, 5.41) is 2.86. The molecule has 0 aliphatic carbocycles. The van der Waals surface area contributed by atoms with Crippen LogP contribution in [0, 0.1) is 0 Å². The maximum Gasteiger partial charge on any atom is 0.264 e. The van der Waals surface area contributed by atoms with Crippen molar-refractivity contribution in [3.63, 3.8) is 0 Å². The number of ether oxygens (including phenoxy) is 1. The Bertz CT molecular complexity index is 1220. The summed E-state index contributed by atoms with van der Waals surface area (Å²) < 4.78 is 33.4. The molecule has 3 aromatic rings. The number of carbonyl (C=O) groups is 1. The summed E-state index contributed by atoms with van der Waals surface area (Å²) in [4.78, 5) is 16.1. The molecule has 1 N–H and O–H groups in total. The fourth-order valence-corrected chi connectivity index (χ4v) is 5.40. The van der Waals surface area contributed by atoms with E-state index in [0.29, 0.717) is 18.8 Å². The zero-order valence-electron chi connectivity index (χ0n) is 17.2. The maximum absolute atomic E-state index is 13.3. The van der Waals surface area contributed by atoms with Crippen molar-refractivity contribution in [1.82, 2.24) is 10.3 Å². The van der Waals surface area contributed by atoms with Gasteiger partial charge in [0.25, 0.3) is 15.9 Å². The molecular formula is C23H22ClN3O4S. The summed E-state index contributed by atoms with van der Waals surface area (Å²) in [7, 11) is -3.78. The lowest BCUT2D eigenvalue weighted by Crippen LogP contribution is -2.35. The third kappa shape index (κ3) is 4.87. The minimum atomic E-state index is -3.78. The largest absolute Gasteiger partial charge is 0.482 e. The number of amides is 1. The van der Waals surface area contributed by atoms with E-state index in [1.807, 2.05) is 24.3 Å². The highest BCUT2D eigenvalue weighted by atomic mass is 35.5. The van der Waals surface area contributed by atoms with Gasteiger partial charge in [-0.2, -0.15) is 0 Å². The molecule has 0 fully saturated rings. The first-order chi connectivity index (χ1) is 15.4. The predicted octanol–water partition coefficient (Wildman–Crippen LogP) is 3.57. The van der Waals surface area contributed by atoms with Crippen molar-refractivity contribution < 1.29 is 17.9 Å². The van der Waals surface area contributed by atoms with Crippen LogP contribution < -0.4 is 14.4 Å². The number of benzene rings is 2. The first kappa shape index (κ1) is 22.1. The van der Waals surface area contributed by atoms with Gasteiger partial charge in [0, 0.05) is 25.5 Å². The number of pyridine rings is 1. The average molecular weight is 472 g/mol. The van der Waals surface area contributed by atoms with Gasteiger partial charge in [0.1, 0.15) is 5.75 Å². The van der Waals surface area contributed by atoms with Crippen LogP contribution in [-0.2, 0) is 27.8 Å². The number of carbonyl (C=O) groups excluding carboxylic acids is 1. The Morgan fingerprint density at radius 1 is 1.12 bits per heavy atom. The number of hydrogen-bond donors (Lipinski definition) is 1. The lowest BCUT2D eigenvalue weighted by atomic mass is 10.0. The fraction of sp³-hybridized carbons (Fsp3) is 0.217. The lowest BCUT2D eigenvalue weighted by Gasteiger charge is -2.30. The van der Waals surface area contributed by atoms with E-state index in [4.69, 9.17) is 16.3 Å². The molecule has 0 saturated heterocycles. The molecule has 0 radical (unpaired) electrons. The van der Waals surface area contributed by atoms with Gasteiger partial charge in [-0.05, 0) is 60.4 Å². The molecule has 0 saturated carbocycles. The molecular weight excluding hydrogens is 450 g/mol. The normalized spacial score (nSPS) is 13.3. The molecule has 1 aliphatic rings. The highest BCUT2D eigenvalue weighted by Crippen LogP contribution is 2.34. The molecule has 32 heavy (non-hydrogen) atoms. The van der Waals surface area contributed by atoms with Crippen LogP contribution in [0.2, 0.25) is 5.02 Å². The molecule has 0 atom stereocenters. The third-order valence-corrected chi connectivity index (χ3v) is 7.26. The number of sulfonamides is 1. The highest BCUT2D eigenvalue weighted by Gasteiger charge is 2.29. The number of hydrogen-bond acceptors (Lipinski definition) is 5. The highest BCUT2D eigenvalue weighted by molar-refractivity contribution is 7.92. The number of fused-ring (bicyclic) bond motifs is 1. The second-order valence-corrected chi connectivity index (χ2v) is 9.59. The van der Waals surface area contributed by atoms with Gasteiger partial charge in [0.05, 0.1) is 15.6 Å². The van der Waals surface area contributed by atoms with Gasteiger partial charge in [-0.3, -0.25) is 14.1 Å². The number of halogens is 1. The van der Waals surface area contributed by atoms with Gasteiger partial charge in [0.15, 0.2) is 6.61 Å². The van der Waals surface area contributed by atoms with Gasteiger partial charge in [-0.15, -0.1) is 0 Å². The van der Waals surface area contributed by atoms with Gasteiger partial charge >= 0.3 is 0 Å². The van der Waals surface area contributed by atoms with Crippen LogP contribution >= 0.6 is 11.6 Å². The van der Waals surface area contributed by atoms with Gasteiger partial charge in [0.2, 0.25) is 0 Å². The monoisotopic (exact) mass is 471 g/mol. The zero-order chi connectivity index (χ0) is 22.6. The topological polar surface area (TPSA) is 88.6 Å². The molecule has 1 aliphatic heterocycles. The van der Waals surface area contributed by atoms with Crippen molar-refractivity contribution in [3.8, 4) is 5.75 Å². The zero-order valence-corrected chi connectivity index (χ0v) is 18.8. The fourth-order valence-electron chi connectivity index (χ4n) is 3.53. The van der Waals surface area contributed by atoms with E-state index in [1.54, 1.807) is 24.5 Å². The van der Waals surface area contributed by atoms with Crippen LogP contribution in [0.3, 0.4) is 0 Å². The molecule has 166 valence electrons. The van der Waals surface area contributed by atoms with Crippen molar-refractivity contribution in [2.24, 2.45) is 0 Å². The Morgan fingerprint density at radius 3 is 2.69 bits per heavy atom. The van der Waals surface area contributed by atoms with Crippen molar-refractivity contribution >= 4 is 33.2 Å². The van der Waals surface area contributed by atoms with Gasteiger partial charge < -0.3 is 10.1 Å². The van der Waals surface area contributed by atoms with Crippen molar-refractivity contribution in [3.05, 3.63) is 83.1 Å². The van der Waals surface area contributed by atoms with E-state index in [0.717, 1.165) is 24.0 Å². The molecule has 1 aromatic heterocycles. The van der Waals surface area contributed by atoms with E-state index in [9.17, 15) is 13.2 Å². The molecule has 0 bridgehead atoms. The molecule has 0 unspecified atom stereocenters. The van der Waals surface area contributed by atoms with Gasteiger partial charge in [-0.25, -0.2) is 8.42 Å². The van der Waals surface area contributed by atoms with E-state index in [2.05, 4.69) is 10.3 Å². The minimum absolute atomic E-state index is 0.0775. The Labute approximate surface area is 192 Å². The summed E-state index contributed by atoms with van der Waals surface area (Å²) in [6, 6.07) is 15.4. The number of nitrogens with one attached hydrogen (secondary N) is 1. The summed E-state index contributed by atoms with van der Waals surface area (Å²) >= 11 is 6.28. The van der Waals surface area contributed by atoms with Crippen molar-refractivity contribution in [2.75, 3.05) is 17.5 Å². The Hall–Kier alpha value is -3.10. The average Bonchev–Trinajstić information content (AvgIpc) is 2.82. The molecule has 2 aromatic carbocycles. The number of aryl methyl sites for hydroxylation is 1. The molecule has 2 heterocycles. The van der Waals surface area contributed by atoms with Crippen molar-refractivity contribution in [2.45, 2.75) is 24.3 Å². The quantitative estimate of drug-likeness (QED) is 0.569. The second kappa shape index (κ2) is 9.58. The number of para-hydroxylation sites is 1. The SMILES string of the molecule is O=C(COc1ccc(S(=O)(=O)N2CCCc3ccccc32)cc1Cl)NCc1ccncc1. The first-order valence-electron chi connectivity index (χ1n) is 10.1. The van der Waals surface area contributed by atoms with E-state index in [1.165, 1.54) is 22.5 Å². The number of nitrogens with zero attached hydrogens (tertiary/aromatic N) is 2. The molecule has 0 spiro atoms. The summed E-state index contributed by atoms with van der Waals surface area (Å²) in [6.45, 7) is 0.524. The third-order valence-electron chi connectivity index (χ3n) is 5.16. The van der Waals surface area contributed by atoms with Crippen LogP contribution in [-0.4, -0.2) is 32.5 Å². The van der Waals surface area contributed by atoms with E-state index in [-0.39, 0.29) is 28.2 Å². The Morgan fingerprint density at radius 2 is 1.91 bits per heavy atom. The molecule has 9 heteroatoms. The van der Waals surface area contributed by atoms with Crippen LogP contribution in [0.5, 0.6) is 5.75 Å². The Balaban J connectivity index is 1.42. The maximum atomic E-state index is 13.3. The minimum Gasteiger partial charge on any atom is -0.482 e. The standard InChI is InChI=1S/C23H22ClN3O4S/c24-20-14-19(32(29,30)27-13-3-5-18-4-1-2-6-21(18)27)7-8-22(20)31-16-23(28)26-15-17-9-11-25-12-10-17/h1-2,4,6-12,14H,3,5,13,15-16H2,(H,26,28). The smallest absolute Gasteiger partial charge is 0.264 e. The van der Waals surface area contributed by atoms with Crippen molar-refractivity contribution in [1.29, 1.82) is 0 Å². The second-order valence-electron chi connectivity index (χ2n) is 7.32. The predicted molar refractivity (Wildman–Crippen MR) is 122 cm³/mol. The van der Waals surface area contributed by atoms with Gasteiger partial charge in [-0.1, -0.05) is 29.8 Å². The molecule has 4 rings (SSSR count). The summed E-state index contributed by atoms with van der Waals surface area (Å²) in [6.07, 6.45) is 4.89. The summed E-state index contributed by atoms with van der Waals surface area (Å²) in [5.41, 5.74) is 2.62. The lowest BCUT2D eigenvalue weighted by molar-refractivity contribution is -0.123. The molecule has 1 amide bonds. The Kier molecular flexibility index (Phi) is 6.62. The number of rotatable bonds is 7. The number of anilines is 1. The van der Waals surface area contributed by atoms with Crippen LogP contribution in [0.15, 0.2) is 71.9 Å². The van der Waals surface area contributed by atoms with Crippen LogP contribution in [0.4, 0.5) is 5.69 Å². The van der Waals surface area contributed by atoms with Crippen LogP contribution in [0.25, 0.3) is 0 Å². The number of aromatic nitrogens is 1. The van der Waals surface area contributed by atoms with E-state index >= 15 is 0 Å². The van der Waals surface area contributed by atoms with Crippen LogP contribution in [0.1, 0.15) is 17.5 Å². The molecule has 7 nitrogen and oxygen atoms in total.